The first kappa shape index (κ1) is 11.2. The number of esters is 1. The summed E-state index contributed by atoms with van der Waals surface area (Å²) >= 11 is 0. The molecule has 0 spiro atoms. The van der Waals surface area contributed by atoms with Crippen molar-refractivity contribution in [2.75, 3.05) is 7.11 Å². The van der Waals surface area contributed by atoms with Gasteiger partial charge in [0.1, 0.15) is 0 Å². The van der Waals surface area contributed by atoms with Crippen LogP contribution in [0.2, 0.25) is 0 Å². The Balaban J connectivity index is 3.30. The summed E-state index contributed by atoms with van der Waals surface area (Å²) in [5, 5.41) is 8.89. The molecule has 0 aromatic carbocycles. The van der Waals surface area contributed by atoms with Gasteiger partial charge in [-0.1, -0.05) is 6.08 Å². The zero-order valence-corrected chi connectivity index (χ0v) is 7.62. The Morgan fingerprint density at radius 1 is 1.67 bits per heavy atom. The van der Waals surface area contributed by atoms with Crippen LogP contribution in [0.4, 0.5) is 0 Å². The molecule has 12 heavy (non-hydrogen) atoms. The van der Waals surface area contributed by atoms with Crippen molar-refractivity contribution in [3.63, 3.8) is 0 Å². The molecular weight excluding hydrogens is 156 g/mol. The van der Waals surface area contributed by atoms with Gasteiger partial charge in [0, 0.05) is 6.08 Å². The van der Waals surface area contributed by atoms with Gasteiger partial charge in [0.05, 0.1) is 13.2 Å². The number of carbonyl (C=O) groups excluding carboxylic acids is 1. The molecule has 0 bridgehead atoms. The summed E-state index contributed by atoms with van der Waals surface area (Å²) in [6.07, 6.45) is 5.38. The van der Waals surface area contributed by atoms with Crippen molar-refractivity contribution in [2.24, 2.45) is 0 Å². The van der Waals surface area contributed by atoms with E-state index >= 15 is 0 Å². The lowest BCUT2D eigenvalue weighted by atomic mass is 10.2. The number of unbranched alkanes of at least 4 members (excludes halogenated alkanes) is 1. The predicted molar refractivity (Wildman–Crippen MR) is 46.7 cm³/mol. The van der Waals surface area contributed by atoms with E-state index in [2.05, 4.69) is 4.74 Å². The Labute approximate surface area is 73.0 Å². The van der Waals surface area contributed by atoms with Crippen molar-refractivity contribution in [3.8, 4) is 0 Å². The second-order valence-electron chi connectivity index (χ2n) is 2.71. The molecule has 0 aromatic heterocycles. The van der Waals surface area contributed by atoms with Gasteiger partial charge in [-0.2, -0.15) is 0 Å². The molecule has 0 aliphatic carbocycles. The SMILES string of the molecule is COC(=O)/C=C\CCCC(C)O. The molecule has 0 radical (unpaired) electrons. The Bertz CT molecular complexity index is 150. The second kappa shape index (κ2) is 6.85. The molecule has 0 heterocycles. The van der Waals surface area contributed by atoms with Crippen molar-refractivity contribution < 1.29 is 14.6 Å². The van der Waals surface area contributed by atoms with Crippen LogP contribution in [0.25, 0.3) is 0 Å². The first-order chi connectivity index (χ1) is 5.66. The van der Waals surface area contributed by atoms with E-state index in [0.29, 0.717) is 0 Å². The number of hydrogen-bond donors (Lipinski definition) is 1. The summed E-state index contributed by atoms with van der Waals surface area (Å²) in [6, 6.07) is 0. The van der Waals surface area contributed by atoms with Crippen LogP contribution in [0, 0.1) is 0 Å². The Kier molecular flexibility index (Phi) is 6.38. The maximum absolute atomic E-state index is 10.6. The van der Waals surface area contributed by atoms with E-state index in [0.717, 1.165) is 19.3 Å². The van der Waals surface area contributed by atoms with Crippen LogP contribution in [0.5, 0.6) is 0 Å². The summed E-state index contributed by atoms with van der Waals surface area (Å²) in [4.78, 5) is 10.6. The standard InChI is InChI=1S/C9H16O3/c1-8(10)6-4-3-5-7-9(11)12-2/h5,7-8,10H,3-4,6H2,1-2H3/b7-5-. The highest BCUT2D eigenvalue weighted by Gasteiger charge is 1.93. The third-order valence-electron chi connectivity index (χ3n) is 1.45. The van der Waals surface area contributed by atoms with E-state index in [-0.39, 0.29) is 12.1 Å². The fraction of sp³-hybridized carbons (Fsp3) is 0.667. The summed E-state index contributed by atoms with van der Waals surface area (Å²) in [6.45, 7) is 1.75. The van der Waals surface area contributed by atoms with Crippen LogP contribution in [0.1, 0.15) is 26.2 Å². The quantitative estimate of drug-likeness (QED) is 0.386. The van der Waals surface area contributed by atoms with Crippen molar-refractivity contribution in [3.05, 3.63) is 12.2 Å². The predicted octanol–water partition coefficient (Wildman–Crippen LogP) is 1.27. The van der Waals surface area contributed by atoms with Crippen molar-refractivity contribution in [1.82, 2.24) is 0 Å². The Morgan fingerprint density at radius 3 is 2.83 bits per heavy atom. The van der Waals surface area contributed by atoms with Crippen LogP contribution in [-0.4, -0.2) is 24.3 Å². The van der Waals surface area contributed by atoms with Crippen molar-refractivity contribution in [1.29, 1.82) is 0 Å². The van der Waals surface area contributed by atoms with Crippen LogP contribution in [0.3, 0.4) is 0 Å². The molecule has 1 atom stereocenters. The lowest BCUT2D eigenvalue weighted by molar-refractivity contribution is -0.134. The smallest absolute Gasteiger partial charge is 0.330 e. The average molecular weight is 172 g/mol. The number of carbonyl (C=O) groups is 1. The van der Waals surface area contributed by atoms with Crippen molar-refractivity contribution >= 4 is 5.97 Å². The lowest BCUT2D eigenvalue weighted by Crippen LogP contribution is -1.98. The fourth-order valence-corrected chi connectivity index (χ4v) is 0.779. The minimum Gasteiger partial charge on any atom is -0.466 e. The lowest BCUT2D eigenvalue weighted by Gasteiger charge is -1.99. The maximum atomic E-state index is 10.6. The largest absolute Gasteiger partial charge is 0.466 e. The van der Waals surface area contributed by atoms with Gasteiger partial charge < -0.3 is 9.84 Å². The molecule has 1 unspecified atom stereocenters. The zero-order valence-electron chi connectivity index (χ0n) is 7.62. The van der Waals surface area contributed by atoms with E-state index < -0.39 is 0 Å². The molecule has 3 heteroatoms. The molecule has 0 saturated carbocycles. The van der Waals surface area contributed by atoms with Gasteiger partial charge >= 0.3 is 5.97 Å². The van der Waals surface area contributed by atoms with Crippen molar-refractivity contribution in [2.45, 2.75) is 32.3 Å². The molecule has 1 N–H and O–H groups in total. The first-order valence-electron chi connectivity index (χ1n) is 4.09. The van der Waals surface area contributed by atoms with Gasteiger partial charge in [-0.05, 0) is 26.2 Å². The van der Waals surface area contributed by atoms with Gasteiger partial charge in [0.25, 0.3) is 0 Å². The molecule has 3 nitrogen and oxygen atoms in total. The van der Waals surface area contributed by atoms with Gasteiger partial charge in [-0.15, -0.1) is 0 Å². The minimum absolute atomic E-state index is 0.253. The highest BCUT2D eigenvalue weighted by molar-refractivity contribution is 5.81. The molecular formula is C9H16O3. The van der Waals surface area contributed by atoms with Gasteiger partial charge in [-0.3, -0.25) is 0 Å². The summed E-state index contributed by atoms with van der Waals surface area (Å²) in [7, 11) is 1.35. The second-order valence-corrected chi connectivity index (χ2v) is 2.71. The third-order valence-corrected chi connectivity index (χ3v) is 1.45. The highest BCUT2D eigenvalue weighted by Crippen LogP contribution is 2.00. The van der Waals surface area contributed by atoms with Gasteiger partial charge in [0.2, 0.25) is 0 Å². The number of rotatable bonds is 5. The first-order valence-corrected chi connectivity index (χ1v) is 4.09. The van der Waals surface area contributed by atoms with Crippen LogP contribution in [-0.2, 0) is 9.53 Å². The van der Waals surface area contributed by atoms with Crippen LogP contribution in [0.15, 0.2) is 12.2 Å². The fourth-order valence-electron chi connectivity index (χ4n) is 0.779. The van der Waals surface area contributed by atoms with E-state index in [1.54, 1.807) is 13.0 Å². The van der Waals surface area contributed by atoms with E-state index in [1.165, 1.54) is 13.2 Å². The molecule has 70 valence electrons. The molecule has 0 fully saturated rings. The topological polar surface area (TPSA) is 46.5 Å². The monoisotopic (exact) mass is 172 g/mol. The minimum atomic E-state index is -0.327. The van der Waals surface area contributed by atoms with E-state index in [1.807, 2.05) is 0 Å². The summed E-state index contributed by atoms with van der Waals surface area (Å²) < 4.78 is 4.40. The molecule has 0 aliphatic heterocycles. The highest BCUT2D eigenvalue weighted by atomic mass is 16.5. The number of aliphatic hydroxyl groups is 1. The molecule has 0 rings (SSSR count). The van der Waals surface area contributed by atoms with Crippen LogP contribution < -0.4 is 0 Å². The van der Waals surface area contributed by atoms with Gasteiger partial charge in [0.15, 0.2) is 0 Å². The molecule has 0 aromatic rings. The van der Waals surface area contributed by atoms with E-state index in [4.69, 9.17) is 5.11 Å². The number of ether oxygens (including phenoxy) is 1. The molecule has 0 aliphatic rings. The number of aliphatic hydroxyl groups excluding tert-OH is 1. The third kappa shape index (κ3) is 7.28. The summed E-state index contributed by atoms with van der Waals surface area (Å²) in [5.41, 5.74) is 0. The Hall–Kier alpha value is -0.830. The summed E-state index contributed by atoms with van der Waals surface area (Å²) in [5.74, 6) is -0.327. The van der Waals surface area contributed by atoms with E-state index in [9.17, 15) is 4.79 Å². The number of allylic oxidation sites excluding steroid dienone is 1. The average Bonchev–Trinajstić information content (AvgIpc) is 2.03. The Morgan fingerprint density at radius 2 is 2.33 bits per heavy atom. The number of hydrogen-bond acceptors (Lipinski definition) is 3. The normalized spacial score (nSPS) is 13.2. The number of methoxy groups -OCH3 is 1. The van der Waals surface area contributed by atoms with Gasteiger partial charge in [-0.25, -0.2) is 4.79 Å². The van der Waals surface area contributed by atoms with Crippen LogP contribution >= 0.6 is 0 Å². The maximum Gasteiger partial charge on any atom is 0.330 e. The molecule has 0 amide bonds. The molecule has 0 saturated heterocycles. The zero-order chi connectivity index (χ0) is 9.40.